The highest BCUT2D eigenvalue weighted by Crippen LogP contribution is 2.36. The van der Waals surface area contributed by atoms with E-state index in [2.05, 4.69) is 44.2 Å². The van der Waals surface area contributed by atoms with Crippen molar-refractivity contribution in [2.75, 3.05) is 49.5 Å². The van der Waals surface area contributed by atoms with Crippen molar-refractivity contribution < 1.29 is 27.2 Å². The maximum absolute atomic E-state index is 15.1. The number of aliphatic imine (C=N–C) groups is 1. The number of amidine groups is 1. The van der Waals surface area contributed by atoms with Gasteiger partial charge in [0.15, 0.2) is 5.69 Å². The van der Waals surface area contributed by atoms with Crippen molar-refractivity contribution in [1.29, 1.82) is 0 Å². The normalized spacial score (nSPS) is 18.9. The van der Waals surface area contributed by atoms with Crippen LogP contribution in [0.15, 0.2) is 100 Å². The Labute approximate surface area is 289 Å². The molecule has 3 amide bonds. The number of piperidine rings is 1. The molecule has 4 heterocycles. The van der Waals surface area contributed by atoms with Crippen LogP contribution < -0.4 is 15.5 Å². The molecular formula is C37H40F3N7O3. The van der Waals surface area contributed by atoms with Crippen LogP contribution in [0.5, 0.6) is 0 Å². The third-order valence-corrected chi connectivity index (χ3v) is 9.48. The van der Waals surface area contributed by atoms with Gasteiger partial charge in [0.25, 0.3) is 11.9 Å². The number of para-hydroxylation sites is 1. The molecule has 0 bridgehead atoms. The van der Waals surface area contributed by atoms with Crippen molar-refractivity contribution in [3.05, 3.63) is 114 Å². The molecule has 262 valence electrons. The fraction of sp³-hybridized carbons (Fsp3) is 0.351. The first-order valence-corrected chi connectivity index (χ1v) is 16.7. The SMILES string of the molecule is C=CC(F)(F)c1nc(N2CCC(c3ccccc3)CC2)oc1C(=O)NC1=CN=C(N2CCN(C(=O)Nc3ccccc3F)CC2)C(C)C(C)=C1. The Morgan fingerprint density at radius 1 is 0.960 bits per heavy atom. The third-order valence-electron chi connectivity index (χ3n) is 9.48. The fourth-order valence-corrected chi connectivity index (χ4v) is 6.42. The molecule has 3 aliphatic rings. The van der Waals surface area contributed by atoms with E-state index in [9.17, 15) is 14.0 Å². The van der Waals surface area contributed by atoms with Crippen molar-refractivity contribution in [2.24, 2.45) is 10.9 Å². The first-order valence-electron chi connectivity index (χ1n) is 16.7. The number of anilines is 2. The summed E-state index contributed by atoms with van der Waals surface area (Å²) in [7, 11) is 0. The molecule has 0 saturated carbocycles. The number of halogens is 3. The number of alkyl halides is 2. The number of benzene rings is 2. The van der Waals surface area contributed by atoms with Crippen LogP contribution in [-0.2, 0) is 5.92 Å². The number of aromatic nitrogens is 1. The number of nitrogens with zero attached hydrogens (tertiary/aromatic N) is 5. The lowest BCUT2D eigenvalue weighted by molar-refractivity contribution is 0.0452. The Morgan fingerprint density at radius 2 is 1.64 bits per heavy atom. The summed E-state index contributed by atoms with van der Waals surface area (Å²) in [6.45, 7) is 9.94. The molecule has 3 aliphatic heterocycles. The standard InChI is InChI=1S/C37H40F3N7O3/c1-4-37(39,40)32-31(50-36(44-32)47-16-14-27(15-17-47)26-10-6-5-7-11-26)34(48)42-28-22-24(2)25(3)33(41-23-28)45-18-20-46(21-19-45)35(49)43-30-13-9-8-12-29(30)38/h4-13,22-23,25,27H,1,14-21H2,2-3H3,(H,42,48)(H,43,49). The monoisotopic (exact) mass is 687 g/mol. The second kappa shape index (κ2) is 14.7. The number of urea groups is 1. The van der Waals surface area contributed by atoms with Crippen LogP contribution in [0.4, 0.5) is 29.7 Å². The second-order valence-electron chi connectivity index (χ2n) is 12.7. The molecule has 2 saturated heterocycles. The quantitative estimate of drug-likeness (QED) is 0.262. The van der Waals surface area contributed by atoms with Gasteiger partial charge in [-0.3, -0.25) is 4.79 Å². The molecule has 3 aromatic rings. The molecule has 13 heteroatoms. The van der Waals surface area contributed by atoms with Gasteiger partial charge in [0.1, 0.15) is 11.7 Å². The predicted molar refractivity (Wildman–Crippen MR) is 186 cm³/mol. The Morgan fingerprint density at radius 3 is 2.32 bits per heavy atom. The van der Waals surface area contributed by atoms with Crippen molar-refractivity contribution in [3.63, 3.8) is 0 Å². The largest absolute Gasteiger partial charge is 0.418 e. The van der Waals surface area contributed by atoms with E-state index >= 15 is 8.78 Å². The van der Waals surface area contributed by atoms with E-state index in [1.807, 2.05) is 32.0 Å². The van der Waals surface area contributed by atoms with Gasteiger partial charge in [-0.1, -0.05) is 61.5 Å². The van der Waals surface area contributed by atoms with E-state index < -0.39 is 29.1 Å². The average molecular weight is 688 g/mol. The number of amides is 3. The number of allylic oxidation sites excluding steroid dienone is 2. The second-order valence-corrected chi connectivity index (χ2v) is 12.7. The summed E-state index contributed by atoms with van der Waals surface area (Å²) in [6.07, 6.45) is 5.24. The minimum atomic E-state index is -3.60. The molecule has 10 nitrogen and oxygen atoms in total. The first-order chi connectivity index (χ1) is 24.0. The molecule has 2 N–H and O–H groups in total. The molecule has 50 heavy (non-hydrogen) atoms. The molecule has 0 spiro atoms. The molecule has 2 fully saturated rings. The van der Waals surface area contributed by atoms with E-state index in [0.717, 1.165) is 24.3 Å². The zero-order valence-electron chi connectivity index (χ0n) is 28.0. The minimum Gasteiger partial charge on any atom is -0.418 e. The molecule has 1 unspecified atom stereocenters. The number of carbonyl (C=O) groups excluding carboxylic acids is 2. The van der Waals surface area contributed by atoms with E-state index in [1.165, 1.54) is 23.9 Å². The van der Waals surface area contributed by atoms with Gasteiger partial charge in [-0.05, 0) is 55.5 Å². The summed E-state index contributed by atoms with van der Waals surface area (Å²) in [5.74, 6) is -4.66. The summed E-state index contributed by atoms with van der Waals surface area (Å²) in [5, 5.41) is 5.31. The maximum Gasteiger partial charge on any atom is 0.322 e. The summed E-state index contributed by atoms with van der Waals surface area (Å²) < 4.78 is 49.9. The van der Waals surface area contributed by atoms with Gasteiger partial charge in [-0.15, -0.1) is 0 Å². The Balaban J connectivity index is 1.14. The summed E-state index contributed by atoms with van der Waals surface area (Å²) in [5.41, 5.74) is 1.72. The van der Waals surface area contributed by atoms with Gasteiger partial charge in [0.05, 0.1) is 17.6 Å². The van der Waals surface area contributed by atoms with Gasteiger partial charge in [-0.2, -0.15) is 13.8 Å². The Kier molecular flexibility index (Phi) is 10.1. The van der Waals surface area contributed by atoms with Crippen LogP contribution in [0, 0.1) is 11.7 Å². The molecule has 2 aromatic carbocycles. The summed E-state index contributed by atoms with van der Waals surface area (Å²) in [6, 6.07) is 15.7. The fourth-order valence-electron chi connectivity index (χ4n) is 6.42. The average Bonchev–Trinajstić information content (AvgIpc) is 3.55. The van der Waals surface area contributed by atoms with E-state index in [4.69, 9.17) is 4.42 Å². The summed E-state index contributed by atoms with van der Waals surface area (Å²) >= 11 is 0. The Hall–Kier alpha value is -5.33. The molecule has 1 atom stereocenters. The Bertz CT molecular complexity index is 1820. The number of oxazole rings is 1. The predicted octanol–water partition coefficient (Wildman–Crippen LogP) is 6.89. The number of nitrogens with one attached hydrogen (secondary N) is 2. The summed E-state index contributed by atoms with van der Waals surface area (Å²) in [4.78, 5) is 40.6. The van der Waals surface area contributed by atoms with Crippen molar-refractivity contribution in [1.82, 2.24) is 20.1 Å². The zero-order valence-corrected chi connectivity index (χ0v) is 28.0. The molecule has 0 radical (unpaired) electrons. The van der Waals surface area contributed by atoms with E-state index in [1.54, 1.807) is 28.0 Å². The number of hydrogen-bond donors (Lipinski definition) is 2. The van der Waals surface area contributed by atoms with Crippen LogP contribution in [0.2, 0.25) is 0 Å². The van der Waals surface area contributed by atoms with Gasteiger partial charge < -0.3 is 29.8 Å². The number of carbonyl (C=O) groups is 2. The topological polar surface area (TPSA) is 106 Å². The highest BCUT2D eigenvalue weighted by atomic mass is 19.3. The van der Waals surface area contributed by atoms with Crippen LogP contribution in [-0.4, -0.2) is 71.8 Å². The van der Waals surface area contributed by atoms with Gasteiger partial charge >= 0.3 is 12.0 Å². The zero-order chi connectivity index (χ0) is 35.4. The smallest absolute Gasteiger partial charge is 0.322 e. The van der Waals surface area contributed by atoms with Gasteiger partial charge in [-0.25, -0.2) is 14.2 Å². The van der Waals surface area contributed by atoms with E-state index in [0.29, 0.717) is 57.0 Å². The van der Waals surface area contributed by atoms with Crippen molar-refractivity contribution >= 4 is 29.5 Å². The lowest BCUT2D eigenvalue weighted by Crippen LogP contribution is -2.52. The minimum absolute atomic E-state index is 0.0320. The number of hydrogen-bond acceptors (Lipinski definition) is 7. The van der Waals surface area contributed by atoms with E-state index in [-0.39, 0.29) is 23.7 Å². The van der Waals surface area contributed by atoms with Gasteiger partial charge in [0, 0.05) is 45.2 Å². The number of piperazine rings is 1. The van der Waals surface area contributed by atoms with Crippen molar-refractivity contribution in [2.45, 2.75) is 38.5 Å². The molecule has 0 aliphatic carbocycles. The highest BCUT2D eigenvalue weighted by molar-refractivity contribution is 5.95. The lowest BCUT2D eigenvalue weighted by atomic mass is 9.90. The highest BCUT2D eigenvalue weighted by Gasteiger charge is 2.40. The van der Waals surface area contributed by atoms with Crippen LogP contribution in [0.25, 0.3) is 0 Å². The molecule has 1 aromatic heterocycles. The molecular weight excluding hydrogens is 647 g/mol. The first kappa shape index (κ1) is 34.5. The van der Waals surface area contributed by atoms with Crippen LogP contribution >= 0.6 is 0 Å². The lowest BCUT2D eigenvalue weighted by Gasteiger charge is -2.38. The molecule has 6 rings (SSSR count). The van der Waals surface area contributed by atoms with Crippen LogP contribution in [0.1, 0.15) is 54.4 Å². The number of rotatable bonds is 7. The third kappa shape index (κ3) is 7.46. The maximum atomic E-state index is 15.1. The van der Waals surface area contributed by atoms with Crippen LogP contribution in [0.3, 0.4) is 0 Å². The van der Waals surface area contributed by atoms with Crippen molar-refractivity contribution in [3.8, 4) is 0 Å². The van der Waals surface area contributed by atoms with Gasteiger partial charge in [0.2, 0.25) is 5.76 Å².